The van der Waals surface area contributed by atoms with Crippen LogP contribution in [0.4, 0.5) is 0 Å². The van der Waals surface area contributed by atoms with E-state index in [2.05, 4.69) is 6.92 Å². The summed E-state index contributed by atoms with van der Waals surface area (Å²) in [6.45, 7) is 3.65. The summed E-state index contributed by atoms with van der Waals surface area (Å²) >= 11 is 0. The van der Waals surface area contributed by atoms with Gasteiger partial charge in [-0.15, -0.1) is 0 Å². The molecule has 1 heterocycles. The molecule has 1 fully saturated rings. The van der Waals surface area contributed by atoms with Crippen molar-refractivity contribution < 1.29 is 19.1 Å². The Kier molecular flexibility index (Phi) is 9.93. The zero-order valence-electron chi connectivity index (χ0n) is 14.3. The number of hydrogen-bond donors (Lipinski definition) is 0. The third-order valence-corrected chi connectivity index (χ3v) is 4.23. The molecule has 128 valence electrons. The highest BCUT2D eigenvalue weighted by Gasteiger charge is 2.30. The van der Waals surface area contributed by atoms with Gasteiger partial charge in [0.2, 0.25) is 0 Å². The second-order valence-corrected chi connectivity index (χ2v) is 6.33. The number of carbonyl (C=O) groups is 2. The smallest absolute Gasteiger partial charge is 0.306 e. The highest BCUT2D eigenvalue weighted by Crippen LogP contribution is 2.23. The fourth-order valence-corrected chi connectivity index (χ4v) is 3.01. The van der Waals surface area contributed by atoms with Crippen molar-refractivity contribution in [3.63, 3.8) is 0 Å². The molecule has 1 saturated heterocycles. The van der Waals surface area contributed by atoms with Gasteiger partial charge in [-0.25, -0.2) is 0 Å². The van der Waals surface area contributed by atoms with Crippen molar-refractivity contribution in [1.82, 2.24) is 0 Å². The molecule has 22 heavy (non-hydrogen) atoms. The molecule has 0 saturated carbocycles. The van der Waals surface area contributed by atoms with Crippen molar-refractivity contribution >= 4 is 11.9 Å². The lowest BCUT2D eigenvalue weighted by Crippen LogP contribution is -2.37. The minimum absolute atomic E-state index is 0.163. The van der Waals surface area contributed by atoms with E-state index in [1.807, 2.05) is 0 Å². The van der Waals surface area contributed by atoms with Gasteiger partial charge in [0.15, 0.2) is 0 Å². The number of ether oxygens (including phenoxy) is 2. The highest BCUT2D eigenvalue weighted by atomic mass is 16.6. The Bertz CT molecular complexity index is 327. The summed E-state index contributed by atoms with van der Waals surface area (Å²) in [7, 11) is 0. The monoisotopic (exact) mass is 312 g/mol. The molecular weight excluding hydrogens is 280 g/mol. The van der Waals surface area contributed by atoms with Crippen LogP contribution in [0, 0.1) is 0 Å². The van der Waals surface area contributed by atoms with Crippen molar-refractivity contribution in [3.8, 4) is 0 Å². The average Bonchev–Trinajstić information content (AvgIpc) is 2.48. The quantitative estimate of drug-likeness (QED) is 0.415. The third kappa shape index (κ3) is 8.40. The first kappa shape index (κ1) is 19.0. The van der Waals surface area contributed by atoms with Gasteiger partial charge in [0.05, 0.1) is 0 Å². The molecule has 1 aliphatic heterocycles. The van der Waals surface area contributed by atoms with Crippen LogP contribution in [0.2, 0.25) is 0 Å². The van der Waals surface area contributed by atoms with E-state index in [1.165, 1.54) is 45.4 Å². The van der Waals surface area contributed by atoms with E-state index in [-0.39, 0.29) is 24.1 Å². The number of hydrogen-bond acceptors (Lipinski definition) is 4. The Hall–Kier alpha value is -1.06. The minimum atomic E-state index is -0.286. The minimum Gasteiger partial charge on any atom is -0.459 e. The molecule has 0 aromatic heterocycles. The van der Waals surface area contributed by atoms with Gasteiger partial charge in [-0.05, 0) is 25.7 Å². The normalized spacial score (nSPS) is 19.5. The van der Waals surface area contributed by atoms with Gasteiger partial charge < -0.3 is 9.47 Å². The van der Waals surface area contributed by atoms with Crippen LogP contribution in [0.3, 0.4) is 0 Å². The standard InChI is InChI=1S/C18H32O4/c1-3-4-5-6-7-8-9-10-12-16(21-15(2)19)17-13-11-14-18(20)22-17/h16-17H,3-14H2,1-2H3/t16-,17-/m0/s1. The molecular formula is C18H32O4. The molecule has 4 nitrogen and oxygen atoms in total. The van der Waals surface area contributed by atoms with Crippen LogP contribution in [0.25, 0.3) is 0 Å². The number of carbonyl (C=O) groups excluding carboxylic acids is 2. The van der Waals surface area contributed by atoms with Crippen molar-refractivity contribution in [2.24, 2.45) is 0 Å². The summed E-state index contributed by atoms with van der Waals surface area (Å²) in [5.74, 6) is -0.449. The van der Waals surface area contributed by atoms with Crippen molar-refractivity contribution in [1.29, 1.82) is 0 Å². The van der Waals surface area contributed by atoms with Crippen molar-refractivity contribution in [2.45, 2.75) is 103 Å². The van der Waals surface area contributed by atoms with Gasteiger partial charge in [-0.1, -0.05) is 51.9 Å². The Labute approximate surface area is 134 Å². The lowest BCUT2D eigenvalue weighted by atomic mass is 9.98. The molecule has 0 aromatic carbocycles. The molecule has 0 aliphatic carbocycles. The molecule has 2 atom stereocenters. The first-order valence-corrected chi connectivity index (χ1v) is 9.00. The predicted octanol–water partition coefficient (Wildman–Crippen LogP) is 4.54. The number of cyclic esters (lactones) is 1. The number of unbranched alkanes of at least 4 members (excludes halogenated alkanes) is 7. The Morgan fingerprint density at radius 3 is 2.41 bits per heavy atom. The second-order valence-electron chi connectivity index (χ2n) is 6.33. The van der Waals surface area contributed by atoms with Crippen LogP contribution in [-0.4, -0.2) is 24.1 Å². The summed E-state index contributed by atoms with van der Waals surface area (Å²) in [6.07, 6.45) is 12.4. The van der Waals surface area contributed by atoms with Crippen molar-refractivity contribution in [3.05, 3.63) is 0 Å². The van der Waals surface area contributed by atoms with E-state index in [1.54, 1.807) is 0 Å². The molecule has 1 aliphatic rings. The maximum Gasteiger partial charge on any atom is 0.306 e. The second kappa shape index (κ2) is 11.5. The van der Waals surface area contributed by atoms with Crippen LogP contribution >= 0.6 is 0 Å². The largest absolute Gasteiger partial charge is 0.459 e. The van der Waals surface area contributed by atoms with E-state index in [9.17, 15) is 9.59 Å². The van der Waals surface area contributed by atoms with Gasteiger partial charge in [0.1, 0.15) is 12.2 Å². The zero-order chi connectivity index (χ0) is 16.2. The third-order valence-electron chi connectivity index (χ3n) is 4.23. The lowest BCUT2D eigenvalue weighted by molar-refractivity contribution is -0.172. The lowest BCUT2D eigenvalue weighted by Gasteiger charge is -2.29. The van der Waals surface area contributed by atoms with Gasteiger partial charge in [0.25, 0.3) is 0 Å². The molecule has 0 unspecified atom stereocenters. The van der Waals surface area contributed by atoms with E-state index < -0.39 is 0 Å². The van der Waals surface area contributed by atoms with Gasteiger partial charge in [-0.2, -0.15) is 0 Å². The average molecular weight is 312 g/mol. The van der Waals surface area contributed by atoms with Gasteiger partial charge >= 0.3 is 11.9 Å². The fourth-order valence-electron chi connectivity index (χ4n) is 3.01. The molecule has 0 spiro atoms. The fraction of sp³-hybridized carbons (Fsp3) is 0.889. The first-order chi connectivity index (χ1) is 10.6. The summed E-state index contributed by atoms with van der Waals surface area (Å²) in [5, 5.41) is 0. The summed E-state index contributed by atoms with van der Waals surface area (Å²) in [4.78, 5) is 22.7. The molecule has 0 aromatic rings. The zero-order valence-corrected chi connectivity index (χ0v) is 14.3. The molecule has 0 radical (unpaired) electrons. The van der Waals surface area contributed by atoms with Crippen LogP contribution in [0.15, 0.2) is 0 Å². The maximum absolute atomic E-state index is 11.4. The summed E-state index contributed by atoms with van der Waals surface area (Å²) < 4.78 is 10.7. The van der Waals surface area contributed by atoms with Crippen LogP contribution < -0.4 is 0 Å². The first-order valence-electron chi connectivity index (χ1n) is 9.00. The Morgan fingerprint density at radius 2 is 1.82 bits per heavy atom. The number of esters is 2. The topological polar surface area (TPSA) is 52.6 Å². The van der Waals surface area contributed by atoms with Crippen molar-refractivity contribution in [2.75, 3.05) is 0 Å². The van der Waals surface area contributed by atoms with Crippen LogP contribution in [-0.2, 0) is 19.1 Å². The Morgan fingerprint density at radius 1 is 1.18 bits per heavy atom. The Balaban J connectivity index is 2.21. The maximum atomic E-state index is 11.4. The molecule has 0 bridgehead atoms. The van der Waals surface area contributed by atoms with E-state index in [0.717, 1.165) is 32.1 Å². The van der Waals surface area contributed by atoms with E-state index >= 15 is 0 Å². The summed E-state index contributed by atoms with van der Waals surface area (Å²) in [6, 6.07) is 0. The van der Waals surface area contributed by atoms with Gasteiger partial charge in [0, 0.05) is 13.3 Å². The molecule has 0 amide bonds. The SMILES string of the molecule is CCCCCCCCCC[C@H](OC(C)=O)[C@@H]1CCCC(=O)O1. The number of rotatable bonds is 11. The molecule has 0 N–H and O–H groups in total. The predicted molar refractivity (Wildman–Crippen MR) is 86.5 cm³/mol. The van der Waals surface area contributed by atoms with E-state index in [0.29, 0.717) is 6.42 Å². The van der Waals surface area contributed by atoms with E-state index in [4.69, 9.17) is 9.47 Å². The van der Waals surface area contributed by atoms with Crippen LogP contribution in [0.5, 0.6) is 0 Å². The molecule has 1 rings (SSSR count). The molecule has 4 heteroatoms. The van der Waals surface area contributed by atoms with Crippen LogP contribution in [0.1, 0.15) is 90.9 Å². The van der Waals surface area contributed by atoms with Gasteiger partial charge in [-0.3, -0.25) is 9.59 Å². The highest BCUT2D eigenvalue weighted by molar-refractivity contribution is 5.70. The summed E-state index contributed by atoms with van der Waals surface area (Å²) in [5.41, 5.74) is 0.